The first-order valence-electron chi connectivity index (χ1n) is 8.60. The maximum absolute atomic E-state index is 13.0. The Morgan fingerprint density at radius 1 is 1.33 bits per heavy atom. The van der Waals surface area contributed by atoms with E-state index in [0.717, 1.165) is 29.8 Å². The first-order valence-corrected chi connectivity index (χ1v) is 8.60. The monoisotopic (exact) mass is 329 g/mol. The van der Waals surface area contributed by atoms with Crippen LogP contribution < -0.4 is 0 Å². The maximum Gasteiger partial charge on any atom is 0.255 e. The Bertz CT molecular complexity index is 764. The Kier molecular flexibility index (Phi) is 4.34. The van der Waals surface area contributed by atoms with Gasteiger partial charge in [0.1, 0.15) is 0 Å². The number of likely N-dealkylation sites (tertiary alicyclic amines) is 1. The number of hydrogen-bond acceptors (Lipinski definition) is 4. The van der Waals surface area contributed by atoms with Gasteiger partial charge < -0.3 is 9.80 Å². The van der Waals surface area contributed by atoms with Gasteiger partial charge in [-0.1, -0.05) is 6.92 Å². The van der Waals surface area contributed by atoms with Crippen LogP contribution in [0, 0.1) is 12.8 Å². The molecular formula is C18H27N5O. The van der Waals surface area contributed by atoms with Gasteiger partial charge in [0.15, 0.2) is 5.65 Å². The molecule has 2 aromatic heterocycles. The Morgan fingerprint density at radius 3 is 2.62 bits per heavy atom. The van der Waals surface area contributed by atoms with Crippen LogP contribution in [0.1, 0.15) is 42.9 Å². The number of rotatable bonds is 3. The number of fused-ring (bicyclic) bond motifs is 1. The lowest BCUT2D eigenvalue weighted by Crippen LogP contribution is -2.36. The Hall–Kier alpha value is -1.95. The van der Waals surface area contributed by atoms with Crippen molar-refractivity contribution >= 4 is 16.9 Å². The highest BCUT2D eigenvalue weighted by Gasteiger charge is 2.34. The minimum atomic E-state index is 0.0791. The molecule has 1 aliphatic heterocycles. The van der Waals surface area contributed by atoms with Crippen molar-refractivity contribution in [2.75, 3.05) is 27.2 Å². The quantitative estimate of drug-likeness (QED) is 0.867. The SMILES string of the molecule is Cc1nc2c(cnn2C(C)C)cc1C(=O)N1C[C@H](C)[C@@H](N(C)C)C1. The molecule has 1 saturated heterocycles. The number of aromatic nitrogens is 3. The summed E-state index contributed by atoms with van der Waals surface area (Å²) in [4.78, 5) is 21.8. The van der Waals surface area contributed by atoms with E-state index in [1.165, 1.54) is 0 Å². The van der Waals surface area contributed by atoms with Crippen LogP contribution in [0.3, 0.4) is 0 Å². The van der Waals surface area contributed by atoms with Crippen molar-refractivity contribution in [2.45, 2.75) is 39.8 Å². The summed E-state index contributed by atoms with van der Waals surface area (Å²) < 4.78 is 1.90. The fourth-order valence-corrected chi connectivity index (χ4v) is 3.62. The van der Waals surface area contributed by atoms with Crippen molar-refractivity contribution in [2.24, 2.45) is 5.92 Å². The topological polar surface area (TPSA) is 54.3 Å². The third kappa shape index (κ3) is 2.79. The number of carbonyl (C=O) groups is 1. The van der Waals surface area contributed by atoms with Crippen LogP contribution in [0.4, 0.5) is 0 Å². The van der Waals surface area contributed by atoms with Crippen LogP contribution >= 0.6 is 0 Å². The van der Waals surface area contributed by atoms with Gasteiger partial charge >= 0.3 is 0 Å². The molecule has 24 heavy (non-hydrogen) atoms. The van der Waals surface area contributed by atoms with Gasteiger partial charge in [0.05, 0.1) is 17.5 Å². The zero-order valence-electron chi connectivity index (χ0n) is 15.4. The van der Waals surface area contributed by atoms with Crippen molar-refractivity contribution in [3.8, 4) is 0 Å². The van der Waals surface area contributed by atoms with Crippen molar-refractivity contribution in [1.29, 1.82) is 0 Å². The van der Waals surface area contributed by atoms with Crippen LogP contribution in [-0.4, -0.2) is 63.7 Å². The summed E-state index contributed by atoms with van der Waals surface area (Å²) in [7, 11) is 4.16. The van der Waals surface area contributed by atoms with E-state index in [-0.39, 0.29) is 11.9 Å². The summed E-state index contributed by atoms with van der Waals surface area (Å²) in [6.07, 6.45) is 1.80. The number of aryl methyl sites for hydroxylation is 1. The van der Waals surface area contributed by atoms with Gasteiger partial charge in [-0.2, -0.15) is 5.10 Å². The van der Waals surface area contributed by atoms with E-state index in [9.17, 15) is 4.79 Å². The fraction of sp³-hybridized carbons (Fsp3) is 0.611. The van der Waals surface area contributed by atoms with Gasteiger partial charge in [0.25, 0.3) is 5.91 Å². The van der Waals surface area contributed by atoms with Gasteiger partial charge in [0, 0.05) is 30.6 Å². The van der Waals surface area contributed by atoms with Crippen LogP contribution in [0.5, 0.6) is 0 Å². The Labute approximate surface area is 143 Å². The van der Waals surface area contributed by atoms with E-state index in [2.05, 4.69) is 49.8 Å². The fourth-order valence-electron chi connectivity index (χ4n) is 3.62. The molecule has 0 bridgehead atoms. The molecule has 130 valence electrons. The lowest BCUT2D eigenvalue weighted by atomic mass is 10.1. The summed E-state index contributed by atoms with van der Waals surface area (Å²) in [5.41, 5.74) is 2.31. The second-order valence-electron chi connectivity index (χ2n) is 7.44. The van der Waals surface area contributed by atoms with E-state index in [1.54, 1.807) is 6.20 Å². The highest BCUT2D eigenvalue weighted by molar-refractivity contribution is 5.98. The van der Waals surface area contributed by atoms with E-state index in [1.807, 2.05) is 22.6 Å². The highest BCUT2D eigenvalue weighted by atomic mass is 16.2. The molecule has 6 heteroatoms. The number of pyridine rings is 1. The molecule has 6 nitrogen and oxygen atoms in total. The molecule has 1 aliphatic rings. The molecule has 2 atom stereocenters. The van der Waals surface area contributed by atoms with Crippen molar-refractivity contribution in [1.82, 2.24) is 24.6 Å². The van der Waals surface area contributed by atoms with Gasteiger partial charge in [-0.05, 0) is 46.9 Å². The van der Waals surface area contributed by atoms with Crippen LogP contribution in [-0.2, 0) is 0 Å². The van der Waals surface area contributed by atoms with Crippen LogP contribution in [0.15, 0.2) is 12.3 Å². The van der Waals surface area contributed by atoms with E-state index >= 15 is 0 Å². The second-order valence-corrected chi connectivity index (χ2v) is 7.44. The van der Waals surface area contributed by atoms with Crippen molar-refractivity contribution in [3.63, 3.8) is 0 Å². The van der Waals surface area contributed by atoms with E-state index < -0.39 is 0 Å². The molecule has 0 spiro atoms. The Balaban J connectivity index is 1.92. The van der Waals surface area contributed by atoms with Gasteiger partial charge in [0.2, 0.25) is 0 Å². The molecule has 3 heterocycles. The third-order valence-electron chi connectivity index (χ3n) is 5.00. The molecule has 2 aromatic rings. The number of likely N-dealkylation sites (N-methyl/N-ethyl adjacent to an activating group) is 1. The van der Waals surface area contributed by atoms with Gasteiger partial charge in [-0.25, -0.2) is 9.67 Å². The predicted molar refractivity (Wildman–Crippen MR) is 95.2 cm³/mol. The van der Waals surface area contributed by atoms with Gasteiger partial charge in [-0.3, -0.25) is 4.79 Å². The predicted octanol–water partition coefficient (Wildman–Crippen LogP) is 2.34. The van der Waals surface area contributed by atoms with E-state index in [0.29, 0.717) is 17.5 Å². The van der Waals surface area contributed by atoms with Crippen molar-refractivity contribution in [3.05, 3.63) is 23.5 Å². The molecule has 1 fully saturated rings. The minimum absolute atomic E-state index is 0.0791. The summed E-state index contributed by atoms with van der Waals surface area (Å²) in [6.45, 7) is 9.84. The standard InChI is InChI=1S/C18H27N5O/c1-11(2)23-17-14(8-19-23)7-15(13(4)20-17)18(24)22-9-12(3)16(10-22)21(5)6/h7-8,11-12,16H,9-10H2,1-6H3/t12-,16-/m0/s1. The number of amides is 1. The zero-order chi connectivity index (χ0) is 17.6. The molecule has 0 aliphatic carbocycles. The molecule has 0 aromatic carbocycles. The second kappa shape index (κ2) is 6.16. The zero-order valence-corrected chi connectivity index (χ0v) is 15.4. The average Bonchev–Trinajstić information content (AvgIpc) is 3.08. The average molecular weight is 329 g/mol. The molecular weight excluding hydrogens is 302 g/mol. The normalized spacial score (nSPS) is 21.4. The summed E-state index contributed by atoms with van der Waals surface area (Å²) in [5, 5.41) is 5.33. The molecule has 0 radical (unpaired) electrons. The molecule has 0 unspecified atom stereocenters. The third-order valence-corrected chi connectivity index (χ3v) is 5.00. The van der Waals surface area contributed by atoms with Crippen LogP contribution in [0.2, 0.25) is 0 Å². The summed E-state index contributed by atoms with van der Waals surface area (Å²) in [5.74, 6) is 0.556. The Morgan fingerprint density at radius 2 is 2.04 bits per heavy atom. The molecule has 0 saturated carbocycles. The first kappa shape index (κ1) is 16.9. The smallest absolute Gasteiger partial charge is 0.255 e. The first-order chi connectivity index (χ1) is 11.3. The maximum atomic E-state index is 13.0. The highest BCUT2D eigenvalue weighted by Crippen LogP contribution is 2.25. The molecule has 3 rings (SSSR count). The minimum Gasteiger partial charge on any atom is -0.337 e. The number of carbonyl (C=O) groups excluding carboxylic acids is 1. The van der Waals surface area contributed by atoms with Crippen molar-refractivity contribution < 1.29 is 4.79 Å². The van der Waals surface area contributed by atoms with Crippen LogP contribution in [0.25, 0.3) is 11.0 Å². The number of nitrogens with zero attached hydrogens (tertiary/aromatic N) is 5. The number of hydrogen-bond donors (Lipinski definition) is 0. The lowest BCUT2D eigenvalue weighted by molar-refractivity contribution is 0.0780. The largest absolute Gasteiger partial charge is 0.337 e. The molecule has 0 N–H and O–H groups in total. The molecule has 1 amide bonds. The lowest BCUT2D eigenvalue weighted by Gasteiger charge is -2.22. The summed E-state index contributed by atoms with van der Waals surface area (Å²) >= 11 is 0. The van der Waals surface area contributed by atoms with Gasteiger partial charge in [-0.15, -0.1) is 0 Å². The summed E-state index contributed by atoms with van der Waals surface area (Å²) in [6, 6.07) is 2.60. The van der Waals surface area contributed by atoms with E-state index in [4.69, 9.17) is 0 Å².